The zero-order valence-corrected chi connectivity index (χ0v) is 12.8. The van der Waals surface area contributed by atoms with Crippen LogP contribution in [0.2, 0.25) is 0 Å². The predicted octanol–water partition coefficient (Wildman–Crippen LogP) is 3.02. The lowest BCUT2D eigenvalue weighted by atomic mass is 10.1. The summed E-state index contributed by atoms with van der Waals surface area (Å²) in [5, 5.41) is 25.4. The van der Waals surface area contributed by atoms with Gasteiger partial charge in [-0.2, -0.15) is 16.9 Å². The summed E-state index contributed by atoms with van der Waals surface area (Å²) in [5.41, 5.74) is 0.647. The minimum atomic E-state index is -1.31. The first-order valence-electron chi connectivity index (χ1n) is 6.97. The second kappa shape index (κ2) is 5.60. The Morgan fingerprint density at radius 3 is 2.73 bits per heavy atom. The molecule has 7 nitrogen and oxygen atoms in total. The zero-order valence-electron chi connectivity index (χ0n) is 12.0. The number of aromatic carboxylic acids is 1. The van der Waals surface area contributed by atoms with Crippen LogP contribution in [0.3, 0.4) is 0 Å². The highest BCUT2D eigenvalue weighted by Gasteiger charge is 2.25. The van der Waals surface area contributed by atoms with Crippen molar-refractivity contribution in [2.75, 3.05) is 11.5 Å². The highest BCUT2D eigenvalue weighted by atomic mass is 32.2. The van der Waals surface area contributed by atoms with Gasteiger partial charge in [0.2, 0.25) is 0 Å². The molecule has 0 unspecified atom stereocenters. The molecule has 1 aromatic heterocycles. The Bertz CT molecular complexity index is 765. The van der Waals surface area contributed by atoms with Crippen LogP contribution in [0.1, 0.15) is 34.9 Å². The average Bonchev–Trinajstić information content (AvgIpc) is 2.83. The highest BCUT2D eigenvalue weighted by Crippen LogP contribution is 2.32. The quantitative estimate of drug-likeness (QED) is 0.689. The maximum Gasteiger partial charge on any atom is 0.342 e. The van der Waals surface area contributed by atoms with Crippen molar-refractivity contribution < 1.29 is 14.8 Å². The van der Waals surface area contributed by atoms with Gasteiger partial charge in [-0.1, -0.05) is 0 Å². The molecule has 0 amide bonds. The Morgan fingerprint density at radius 1 is 1.45 bits per heavy atom. The van der Waals surface area contributed by atoms with Gasteiger partial charge < -0.3 is 5.11 Å². The van der Waals surface area contributed by atoms with Crippen LogP contribution >= 0.6 is 11.8 Å². The van der Waals surface area contributed by atoms with Crippen molar-refractivity contribution in [1.82, 2.24) is 9.78 Å². The lowest BCUT2D eigenvalue weighted by Crippen LogP contribution is -2.17. The van der Waals surface area contributed by atoms with E-state index in [1.807, 2.05) is 23.4 Å². The van der Waals surface area contributed by atoms with E-state index in [9.17, 15) is 14.9 Å². The Hall–Kier alpha value is -2.09. The zero-order chi connectivity index (χ0) is 15.9. The number of thioether (sulfide) groups is 1. The number of hydrogen-bond acceptors (Lipinski definition) is 5. The van der Waals surface area contributed by atoms with Gasteiger partial charge in [0, 0.05) is 17.1 Å². The largest absolute Gasteiger partial charge is 0.477 e. The molecule has 2 aromatic rings. The van der Waals surface area contributed by atoms with E-state index in [1.165, 1.54) is 12.1 Å². The number of nitro groups is 1. The molecular formula is C14H15N3O4S. The number of aryl methyl sites for hydroxylation is 1. The fourth-order valence-electron chi connectivity index (χ4n) is 2.87. The highest BCUT2D eigenvalue weighted by molar-refractivity contribution is 7.99. The van der Waals surface area contributed by atoms with Crippen LogP contribution in [-0.2, 0) is 0 Å². The molecule has 0 spiro atoms. The first-order valence-corrected chi connectivity index (χ1v) is 8.13. The van der Waals surface area contributed by atoms with Crippen LogP contribution in [0.25, 0.3) is 10.9 Å². The fraction of sp³-hybridized carbons (Fsp3) is 0.429. The van der Waals surface area contributed by atoms with Crippen molar-refractivity contribution in [2.45, 2.75) is 25.8 Å². The monoisotopic (exact) mass is 321 g/mol. The van der Waals surface area contributed by atoms with Crippen LogP contribution in [-0.4, -0.2) is 37.3 Å². The molecule has 1 fully saturated rings. The predicted molar refractivity (Wildman–Crippen MR) is 83.7 cm³/mol. The van der Waals surface area contributed by atoms with Crippen molar-refractivity contribution in [1.29, 1.82) is 0 Å². The molecule has 116 valence electrons. The molecule has 1 aliphatic heterocycles. The minimum Gasteiger partial charge on any atom is -0.477 e. The van der Waals surface area contributed by atoms with Crippen molar-refractivity contribution in [2.24, 2.45) is 0 Å². The average molecular weight is 321 g/mol. The number of nitro benzene ring substituents is 1. The van der Waals surface area contributed by atoms with Gasteiger partial charge in [0.1, 0.15) is 5.56 Å². The number of carbonyl (C=O) groups is 1. The molecule has 0 bridgehead atoms. The standard InChI is InChI=1S/C14H15N3O4S/c1-8-10-7-13(17(20)21)11(14(18)19)6-12(10)15-16(8)9-2-4-22-5-3-9/h6-7,9H,2-5H2,1H3,(H,18,19). The van der Waals surface area contributed by atoms with Crippen LogP contribution in [0, 0.1) is 17.0 Å². The smallest absolute Gasteiger partial charge is 0.342 e. The summed E-state index contributed by atoms with van der Waals surface area (Å²) in [6, 6.07) is 2.91. The normalized spacial score (nSPS) is 16.0. The third-order valence-electron chi connectivity index (χ3n) is 4.03. The molecule has 2 heterocycles. The van der Waals surface area contributed by atoms with Crippen LogP contribution in [0.15, 0.2) is 12.1 Å². The summed E-state index contributed by atoms with van der Waals surface area (Å²) >= 11 is 1.91. The van der Waals surface area contributed by atoms with E-state index < -0.39 is 10.9 Å². The number of carboxylic acid groups (broad SMARTS) is 1. The Balaban J connectivity index is 2.16. The lowest BCUT2D eigenvalue weighted by molar-refractivity contribution is -0.385. The summed E-state index contributed by atoms with van der Waals surface area (Å²) < 4.78 is 1.90. The molecule has 3 rings (SSSR count). The second-order valence-electron chi connectivity index (χ2n) is 5.32. The van der Waals surface area contributed by atoms with E-state index in [4.69, 9.17) is 5.11 Å². The molecule has 1 aromatic carbocycles. The van der Waals surface area contributed by atoms with E-state index >= 15 is 0 Å². The van der Waals surface area contributed by atoms with Gasteiger partial charge in [0.05, 0.1) is 16.5 Å². The number of benzene rings is 1. The molecule has 22 heavy (non-hydrogen) atoms. The van der Waals surface area contributed by atoms with Crippen LogP contribution < -0.4 is 0 Å². The molecule has 0 radical (unpaired) electrons. The second-order valence-corrected chi connectivity index (χ2v) is 6.55. The van der Waals surface area contributed by atoms with Gasteiger partial charge >= 0.3 is 5.97 Å². The number of carboxylic acids is 1. The van der Waals surface area contributed by atoms with Crippen molar-refractivity contribution in [3.8, 4) is 0 Å². The first-order chi connectivity index (χ1) is 10.5. The topological polar surface area (TPSA) is 98.3 Å². The third kappa shape index (κ3) is 2.43. The SMILES string of the molecule is Cc1c2cc([N+](=O)[O-])c(C(=O)O)cc2nn1C1CCSCC1. The maximum absolute atomic E-state index is 11.2. The molecular weight excluding hydrogens is 306 g/mol. The van der Waals surface area contributed by atoms with Crippen molar-refractivity contribution in [3.05, 3.63) is 33.5 Å². The van der Waals surface area contributed by atoms with E-state index in [0.717, 1.165) is 30.0 Å². The van der Waals surface area contributed by atoms with E-state index in [0.29, 0.717) is 10.9 Å². The molecule has 0 saturated carbocycles. The number of fused-ring (bicyclic) bond motifs is 1. The number of hydrogen-bond donors (Lipinski definition) is 1. The number of nitrogens with zero attached hydrogens (tertiary/aromatic N) is 3. The molecule has 1 aliphatic rings. The summed E-state index contributed by atoms with van der Waals surface area (Å²) in [4.78, 5) is 21.7. The Kier molecular flexibility index (Phi) is 3.78. The summed E-state index contributed by atoms with van der Waals surface area (Å²) in [6.07, 6.45) is 2.01. The van der Waals surface area contributed by atoms with Gasteiger partial charge in [-0.3, -0.25) is 14.8 Å². The van der Waals surface area contributed by atoms with Gasteiger partial charge in [-0.15, -0.1) is 0 Å². The molecule has 0 aliphatic carbocycles. The van der Waals surface area contributed by atoms with Crippen molar-refractivity contribution >= 4 is 34.3 Å². The van der Waals surface area contributed by atoms with Crippen LogP contribution in [0.5, 0.6) is 0 Å². The lowest BCUT2D eigenvalue weighted by Gasteiger charge is -2.22. The van der Waals surface area contributed by atoms with E-state index in [2.05, 4.69) is 5.10 Å². The number of aromatic nitrogens is 2. The summed E-state index contributed by atoms with van der Waals surface area (Å²) in [7, 11) is 0. The molecule has 1 saturated heterocycles. The molecule has 1 N–H and O–H groups in total. The van der Waals surface area contributed by atoms with Gasteiger partial charge in [0.25, 0.3) is 5.69 Å². The van der Waals surface area contributed by atoms with Crippen molar-refractivity contribution in [3.63, 3.8) is 0 Å². The van der Waals surface area contributed by atoms with Gasteiger partial charge in [0.15, 0.2) is 0 Å². The summed E-state index contributed by atoms with van der Waals surface area (Å²) in [6.45, 7) is 1.88. The van der Waals surface area contributed by atoms with E-state index in [1.54, 1.807) is 0 Å². The summed E-state index contributed by atoms with van der Waals surface area (Å²) in [5.74, 6) is 0.830. The number of rotatable bonds is 3. The Labute approximate surface area is 130 Å². The Morgan fingerprint density at radius 2 is 2.14 bits per heavy atom. The van der Waals surface area contributed by atoms with Gasteiger partial charge in [-0.25, -0.2) is 4.79 Å². The van der Waals surface area contributed by atoms with Crippen LogP contribution in [0.4, 0.5) is 5.69 Å². The fourth-order valence-corrected chi connectivity index (χ4v) is 3.95. The van der Waals surface area contributed by atoms with E-state index in [-0.39, 0.29) is 17.3 Å². The molecule has 8 heteroatoms. The first kappa shape index (κ1) is 14.8. The molecule has 0 atom stereocenters. The van der Waals surface area contributed by atoms with Gasteiger partial charge in [-0.05, 0) is 37.3 Å². The third-order valence-corrected chi connectivity index (χ3v) is 5.08. The maximum atomic E-state index is 11.2. The minimum absolute atomic E-state index is 0.279.